The first-order chi connectivity index (χ1) is 24.2. The van der Waals surface area contributed by atoms with Crippen LogP contribution in [0.1, 0.15) is 37.0 Å². The van der Waals surface area contributed by atoms with Gasteiger partial charge in [-0.2, -0.15) is 0 Å². The number of para-hydroxylation sites is 1. The van der Waals surface area contributed by atoms with Crippen LogP contribution in [0.25, 0.3) is 0 Å². The molecule has 0 spiro atoms. The zero-order valence-corrected chi connectivity index (χ0v) is 29.4. The molecule has 0 bridgehead atoms. The van der Waals surface area contributed by atoms with Gasteiger partial charge in [-0.15, -0.1) is 0 Å². The van der Waals surface area contributed by atoms with Gasteiger partial charge in [0.2, 0.25) is 11.8 Å². The van der Waals surface area contributed by atoms with E-state index in [0.29, 0.717) is 17.9 Å². The van der Waals surface area contributed by atoms with Crippen molar-refractivity contribution in [1.29, 1.82) is 0 Å². The van der Waals surface area contributed by atoms with Crippen molar-refractivity contribution in [2.24, 2.45) is 0 Å². The Bertz CT molecular complexity index is 1950. The number of nitrogens with one attached hydrogen (secondary N) is 1. The summed E-state index contributed by atoms with van der Waals surface area (Å²) in [6.45, 7) is 5.43. The fraction of sp³-hybridized carbons (Fsp3) is 0.220. The Balaban J connectivity index is 1.56. The summed E-state index contributed by atoms with van der Waals surface area (Å²) in [6, 6.07) is 40.0. The molecule has 1 N–H and O–H groups in total. The lowest BCUT2D eigenvalue weighted by Gasteiger charge is -2.34. The third-order valence-electron chi connectivity index (χ3n) is 8.59. The first-order valence-electron chi connectivity index (χ1n) is 16.7. The van der Waals surface area contributed by atoms with Gasteiger partial charge in [-0.05, 0) is 85.5 Å². The molecule has 5 aromatic carbocycles. The Labute approximate surface area is 295 Å². The number of hydrogen-bond acceptors (Lipinski definition) is 5. The number of amides is 2. The number of sulfonamides is 1. The number of carbonyl (C=O) groups is 2. The Morgan fingerprint density at radius 2 is 1.30 bits per heavy atom. The number of nitrogens with zero attached hydrogens (tertiary/aromatic N) is 2. The lowest BCUT2D eigenvalue weighted by molar-refractivity contribution is -0.140. The molecular weight excluding hydrogens is 647 g/mol. The summed E-state index contributed by atoms with van der Waals surface area (Å²) < 4.78 is 35.7. The monoisotopic (exact) mass is 689 g/mol. The van der Waals surface area contributed by atoms with E-state index in [9.17, 15) is 18.0 Å². The highest BCUT2D eigenvalue weighted by Gasteiger charge is 2.35. The molecule has 0 unspecified atom stereocenters. The lowest BCUT2D eigenvalue weighted by atomic mass is 10.0. The van der Waals surface area contributed by atoms with E-state index in [1.165, 1.54) is 17.0 Å². The van der Waals surface area contributed by atoms with Gasteiger partial charge in [-0.25, -0.2) is 8.42 Å². The summed E-state index contributed by atoms with van der Waals surface area (Å²) in [5.74, 6) is 0.327. The first kappa shape index (κ1) is 35.9. The van der Waals surface area contributed by atoms with E-state index in [0.717, 1.165) is 21.0 Å². The number of hydrogen-bond donors (Lipinski definition) is 1. The second kappa shape index (κ2) is 16.8. The maximum atomic E-state index is 14.7. The quantitative estimate of drug-likeness (QED) is 0.123. The van der Waals surface area contributed by atoms with Crippen LogP contribution >= 0.6 is 0 Å². The summed E-state index contributed by atoms with van der Waals surface area (Å²) in [4.78, 5) is 30.3. The predicted octanol–water partition coefficient (Wildman–Crippen LogP) is 7.54. The second-order valence-electron chi connectivity index (χ2n) is 12.2. The van der Waals surface area contributed by atoms with E-state index in [1.807, 2.05) is 106 Å². The van der Waals surface area contributed by atoms with Crippen LogP contribution in [-0.4, -0.2) is 43.8 Å². The van der Waals surface area contributed by atoms with Gasteiger partial charge in [0.1, 0.15) is 24.1 Å². The van der Waals surface area contributed by atoms with E-state index in [4.69, 9.17) is 4.74 Å². The van der Waals surface area contributed by atoms with Crippen LogP contribution in [0, 0.1) is 6.92 Å². The van der Waals surface area contributed by atoms with Gasteiger partial charge >= 0.3 is 0 Å². The fourth-order valence-electron chi connectivity index (χ4n) is 5.52. The van der Waals surface area contributed by atoms with Crippen LogP contribution < -0.4 is 14.4 Å². The number of carbonyl (C=O) groups excluding carboxylic acids is 2. The van der Waals surface area contributed by atoms with Crippen molar-refractivity contribution in [2.45, 2.75) is 57.1 Å². The molecule has 50 heavy (non-hydrogen) atoms. The average molecular weight is 690 g/mol. The van der Waals surface area contributed by atoms with Crippen molar-refractivity contribution in [2.75, 3.05) is 10.8 Å². The van der Waals surface area contributed by atoms with Crippen LogP contribution in [0.15, 0.2) is 144 Å². The molecule has 0 radical (unpaired) electrons. The van der Waals surface area contributed by atoms with Gasteiger partial charge in [0.05, 0.1) is 10.6 Å². The van der Waals surface area contributed by atoms with Gasteiger partial charge in [0, 0.05) is 19.0 Å². The maximum absolute atomic E-state index is 14.7. The fourth-order valence-corrected chi connectivity index (χ4v) is 6.95. The highest BCUT2D eigenvalue weighted by Crippen LogP contribution is 2.29. The molecule has 5 aromatic rings. The molecule has 0 saturated carbocycles. The van der Waals surface area contributed by atoms with E-state index < -0.39 is 28.5 Å². The normalized spacial score (nSPS) is 12.4. The van der Waals surface area contributed by atoms with Gasteiger partial charge in [0.15, 0.2) is 0 Å². The van der Waals surface area contributed by atoms with Crippen molar-refractivity contribution < 1.29 is 22.7 Å². The summed E-state index contributed by atoms with van der Waals surface area (Å²) in [6.07, 6.45) is 0.959. The SMILES string of the molecule is CC[C@H](C)NC(=O)[C@H](Cc1ccccc1)N(Cc1ccccc1C)C(=O)CN(c1ccc(Oc2ccccc2)cc1)S(=O)(=O)c1ccccc1. The topological polar surface area (TPSA) is 96.0 Å². The molecule has 0 heterocycles. The van der Waals surface area contributed by atoms with Crippen molar-refractivity contribution in [3.63, 3.8) is 0 Å². The number of aryl methyl sites for hydroxylation is 1. The molecule has 0 aromatic heterocycles. The highest BCUT2D eigenvalue weighted by atomic mass is 32.2. The molecule has 8 nitrogen and oxygen atoms in total. The Morgan fingerprint density at radius 3 is 1.92 bits per heavy atom. The molecule has 0 aliphatic rings. The molecule has 0 aliphatic heterocycles. The largest absolute Gasteiger partial charge is 0.457 e. The summed E-state index contributed by atoms with van der Waals surface area (Å²) in [5.41, 5.74) is 2.97. The molecular formula is C41H43N3O5S. The summed E-state index contributed by atoms with van der Waals surface area (Å²) in [5, 5.41) is 3.07. The molecule has 0 saturated heterocycles. The Kier molecular flexibility index (Phi) is 12.1. The van der Waals surface area contributed by atoms with Crippen LogP contribution in [0.5, 0.6) is 11.5 Å². The third-order valence-corrected chi connectivity index (χ3v) is 10.4. The molecule has 0 aliphatic carbocycles. The minimum absolute atomic E-state index is 0.0400. The van der Waals surface area contributed by atoms with E-state index in [1.54, 1.807) is 42.5 Å². The smallest absolute Gasteiger partial charge is 0.264 e. The van der Waals surface area contributed by atoms with E-state index in [-0.39, 0.29) is 35.5 Å². The maximum Gasteiger partial charge on any atom is 0.264 e. The molecule has 258 valence electrons. The van der Waals surface area contributed by atoms with Crippen LogP contribution in [0.4, 0.5) is 5.69 Å². The molecule has 0 fully saturated rings. The Hall–Kier alpha value is -5.41. The minimum atomic E-state index is -4.22. The average Bonchev–Trinajstić information content (AvgIpc) is 3.14. The number of benzene rings is 5. The van der Waals surface area contributed by atoms with Crippen LogP contribution in [0.3, 0.4) is 0 Å². The summed E-state index contributed by atoms with van der Waals surface area (Å²) in [7, 11) is -4.22. The van der Waals surface area contributed by atoms with Crippen molar-refractivity contribution in [3.05, 3.63) is 156 Å². The van der Waals surface area contributed by atoms with Crippen LogP contribution in [-0.2, 0) is 32.6 Å². The van der Waals surface area contributed by atoms with Gasteiger partial charge < -0.3 is 15.0 Å². The number of rotatable bonds is 15. The number of anilines is 1. The van der Waals surface area contributed by atoms with Crippen molar-refractivity contribution >= 4 is 27.5 Å². The second-order valence-corrected chi connectivity index (χ2v) is 14.1. The van der Waals surface area contributed by atoms with Gasteiger partial charge in [-0.3, -0.25) is 13.9 Å². The predicted molar refractivity (Wildman–Crippen MR) is 197 cm³/mol. The van der Waals surface area contributed by atoms with Crippen LogP contribution in [0.2, 0.25) is 0 Å². The minimum Gasteiger partial charge on any atom is -0.457 e. The zero-order chi connectivity index (χ0) is 35.5. The first-order valence-corrected chi connectivity index (χ1v) is 18.2. The number of ether oxygens (including phenoxy) is 1. The third kappa shape index (κ3) is 9.18. The van der Waals surface area contributed by atoms with E-state index >= 15 is 0 Å². The highest BCUT2D eigenvalue weighted by molar-refractivity contribution is 7.92. The molecule has 9 heteroatoms. The summed E-state index contributed by atoms with van der Waals surface area (Å²) >= 11 is 0. The van der Waals surface area contributed by atoms with Gasteiger partial charge in [-0.1, -0.05) is 97.9 Å². The van der Waals surface area contributed by atoms with Crippen molar-refractivity contribution in [3.8, 4) is 11.5 Å². The standard InChI is InChI=1S/C41H43N3O5S/c1-4-32(3)42-41(46)39(28-33-17-8-5-9-18-33)43(29-34-19-15-14-16-31(34)2)40(45)30-44(50(47,48)38-22-12-7-13-23-38)35-24-26-37(27-25-35)49-36-20-10-6-11-21-36/h5-27,32,39H,4,28-30H2,1-3H3,(H,42,46)/t32-,39-/m0/s1. The molecule has 5 rings (SSSR count). The van der Waals surface area contributed by atoms with E-state index in [2.05, 4.69) is 5.32 Å². The van der Waals surface area contributed by atoms with Gasteiger partial charge in [0.25, 0.3) is 10.0 Å². The van der Waals surface area contributed by atoms with Crippen molar-refractivity contribution in [1.82, 2.24) is 10.2 Å². The molecule has 2 amide bonds. The zero-order valence-electron chi connectivity index (χ0n) is 28.6. The molecule has 2 atom stereocenters. The lowest BCUT2D eigenvalue weighted by Crippen LogP contribution is -2.54. The Morgan fingerprint density at radius 1 is 0.740 bits per heavy atom.